The Morgan fingerprint density at radius 1 is 1.32 bits per heavy atom. The number of carboxylic acid groups (broad SMARTS) is 1. The molecule has 0 radical (unpaired) electrons. The number of aryl methyl sites for hydroxylation is 1. The molecule has 0 aliphatic rings. The summed E-state index contributed by atoms with van der Waals surface area (Å²) in [4.78, 5) is 26.1. The Labute approximate surface area is 150 Å². The Morgan fingerprint density at radius 2 is 1.96 bits per heavy atom. The standard InChI is InChI=1S/C18H21NO5S/c1-11-16(18(21)22)9-14(23-11)10-19(3)17(20)12(2)24-13-5-7-15(25-4)8-6-13/h5-9,12H,10H2,1-4H3,(H,21,22). The zero-order chi connectivity index (χ0) is 18.6. The van der Waals surface area contributed by atoms with E-state index in [1.165, 1.54) is 11.0 Å². The molecule has 1 aromatic heterocycles. The van der Waals surface area contributed by atoms with E-state index in [1.807, 2.05) is 30.5 Å². The lowest BCUT2D eigenvalue weighted by Crippen LogP contribution is -2.37. The summed E-state index contributed by atoms with van der Waals surface area (Å²) in [5.41, 5.74) is 0.106. The van der Waals surface area contributed by atoms with Crippen LogP contribution in [-0.4, -0.2) is 41.3 Å². The van der Waals surface area contributed by atoms with Gasteiger partial charge in [0.05, 0.1) is 6.54 Å². The zero-order valence-electron chi connectivity index (χ0n) is 14.6. The maximum Gasteiger partial charge on any atom is 0.339 e. The molecule has 0 aliphatic heterocycles. The maximum absolute atomic E-state index is 12.4. The summed E-state index contributed by atoms with van der Waals surface area (Å²) in [7, 11) is 1.62. The van der Waals surface area contributed by atoms with Crippen molar-refractivity contribution in [2.45, 2.75) is 31.4 Å². The van der Waals surface area contributed by atoms with E-state index in [1.54, 1.807) is 32.7 Å². The van der Waals surface area contributed by atoms with Crippen molar-refractivity contribution in [3.8, 4) is 5.75 Å². The van der Waals surface area contributed by atoms with Gasteiger partial charge in [-0.05, 0) is 50.4 Å². The molecule has 0 aliphatic carbocycles. The highest BCUT2D eigenvalue weighted by Gasteiger charge is 2.22. The smallest absolute Gasteiger partial charge is 0.339 e. The lowest BCUT2D eigenvalue weighted by atomic mass is 10.2. The van der Waals surface area contributed by atoms with Gasteiger partial charge in [0.1, 0.15) is 22.8 Å². The number of carboxylic acids is 1. The van der Waals surface area contributed by atoms with Crippen LogP contribution in [0.25, 0.3) is 0 Å². The van der Waals surface area contributed by atoms with Crippen molar-refractivity contribution in [1.29, 1.82) is 0 Å². The van der Waals surface area contributed by atoms with E-state index < -0.39 is 12.1 Å². The summed E-state index contributed by atoms with van der Waals surface area (Å²) in [5.74, 6) is 0.0876. The molecule has 134 valence electrons. The van der Waals surface area contributed by atoms with Crippen molar-refractivity contribution in [1.82, 2.24) is 4.90 Å². The first kappa shape index (κ1) is 18.9. The molecule has 1 atom stereocenters. The summed E-state index contributed by atoms with van der Waals surface area (Å²) < 4.78 is 11.1. The normalized spacial score (nSPS) is 11.8. The van der Waals surface area contributed by atoms with Gasteiger partial charge in [0.2, 0.25) is 0 Å². The van der Waals surface area contributed by atoms with E-state index in [4.69, 9.17) is 14.3 Å². The Kier molecular flexibility index (Phi) is 6.14. The van der Waals surface area contributed by atoms with Crippen molar-refractivity contribution in [3.63, 3.8) is 0 Å². The fourth-order valence-corrected chi connectivity index (χ4v) is 2.77. The van der Waals surface area contributed by atoms with Crippen LogP contribution in [0.4, 0.5) is 0 Å². The van der Waals surface area contributed by atoms with Gasteiger partial charge < -0.3 is 19.2 Å². The number of carbonyl (C=O) groups excluding carboxylic acids is 1. The van der Waals surface area contributed by atoms with Gasteiger partial charge in [0.25, 0.3) is 5.91 Å². The van der Waals surface area contributed by atoms with Crippen LogP contribution >= 0.6 is 11.8 Å². The Hall–Kier alpha value is -2.41. The van der Waals surface area contributed by atoms with Crippen molar-refractivity contribution >= 4 is 23.6 Å². The number of aromatic carboxylic acids is 1. The van der Waals surface area contributed by atoms with Gasteiger partial charge in [-0.25, -0.2) is 4.79 Å². The topological polar surface area (TPSA) is 80.0 Å². The van der Waals surface area contributed by atoms with Gasteiger partial charge in [-0.15, -0.1) is 11.8 Å². The largest absolute Gasteiger partial charge is 0.481 e. The summed E-state index contributed by atoms with van der Waals surface area (Å²) in [5, 5.41) is 9.05. The number of ether oxygens (including phenoxy) is 1. The monoisotopic (exact) mass is 363 g/mol. The van der Waals surface area contributed by atoms with Crippen LogP contribution in [0.1, 0.15) is 28.8 Å². The van der Waals surface area contributed by atoms with Crippen LogP contribution < -0.4 is 4.74 Å². The first-order valence-electron chi connectivity index (χ1n) is 7.70. The summed E-state index contributed by atoms with van der Waals surface area (Å²) in [6.45, 7) is 3.43. The predicted molar refractivity (Wildman–Crippen MR) is 95.2 cm³/mol. The Morgan fingerprint density at radius 3 is 2.48 bits per heavy atom. The van der Waals surface area contributed by atoms with Gasteiger partial charge in [-0.3, -0.25) is 4.79 Å². The van der Waals surface area contributed by atoms with Gasteiger partial charge in [0, 0.05) is 11.9 Å². The highest BCUT2D eigenvalue weighted by Crippen LogP contribution is 2.21. The third-order valence-corrected chi connectivity index (χ3v) is 4.43. The molecular weight excluding hydrogens is 342 g/mol. The SMILES string of the molecule is CSc1ccc(OC(C)C(=O)N(C)Cc2cc(C(=O)O)c(C)o2)cc1. The molecule has 0 bridgehead atoms. The van der Waals surface area contributed by atoms with Crippen molar-refractivity contribution in [2.75, 3.05) is 13.3 Å². The number of hydrogen-bond donors (Lipinski definition) is 1. The molecule has 0 saturated carbocycles. The van der Waals surface area contributed by atoms with Gasteiger partial charge in [-0.2, -0.15) is 0 Å². The highest BCUT2D eigenvalue weighted by molar-refractivity contribution is 7.98. The molecule has 1 N–H and O–H groups in total. The molecular formula is C18H21NO5S. The molecule has 0 fully saturated rings. The first-order valence-corrected chi connectivity index (χ1v) is 8.92. The third-order valence-electron chi connectivity index (χ3n) is 3.69. The summed E-state index contributed by atoms with van der Waals surface area (Å²) in [6, 6.07) is 8.95. The average molecular weight is 363 g/mol. The fourth-order valence-electron chi connectivity index (χ4n) is 2.36. The van der Waals surface area contributed by atoms with Crippen molar-refractivity contribution in [2.24, 2.45) is 0 Å². The molecule has 0 spiro atoms. The summed E-state index contributed by atoms with van der Waals surface area (Å²) >= 11 is 1.63. The number of benzene rings is 1. The van der Waals surface area contributed by atoms with E-state index in [-0.39, 0.29) is 18.0 Å². The minimum absolute atomic E-state index is 0.106. The first-order chi connectivity index (χ1) is 11.8. The average Bonchev–Trinajstić information content (AvgIpc) is 2.95. The lowest BCUT2D eigenvalue weighted by Gasteiger charge is -2.21. The minimum atomic E-state index is -1.05. The second-order valence-corrected chi connectivity index (χ2v) is 6.50. The molecule has 2 aromatic rings. The molecule has 1 unspecified atom stereocenters. The molecule has 2 rings (SSSR count). The van der Waals surface area contributed by atoms with Crippen molar-refractivity contribution in [3.05, 3.63) is 47.4 Å². The van der Waals surface area contributed by atoms with Crippen LogP contribution in [0.2, 0.25) is 0 Å². The number of amides is 1. The minimum Gasteiger partial charge on any atom is -0.481 e. The molecule has 7 heteroatoms. The molecule has 1 aromatic carbocycles. The Bertz CT molecular complexity index is 753. The van der Waals surface area contributed by atoms with Crippen molar-refractivity contribution < 1.29 is 23.8 Å². The van der Waals surface area contributed by atoms with E-state index in [0.29, 0.717) is 17.3 Å². The molecule has 6 nitrogen and oxygen atoms in total. The number of nitrogens with zero attached hydrogens (tertiary/aromatic N) is 1. The molecule has 25 heavy (non-hydrogen) atoms. The maximum atomic E-state index is 12.4. The van der Waals surface area contributed by atoms with E-state index in [0.717, 1.165) is 4.90 Å². The second kappa shape index (κ2) is 8.11. The number of thioether (sulfide) groups is 1. The van der Waals surface area contributed by atoms with Gasteiger partial charge in [0.15, 0.2) is 6.10 Å². The van der Waals surface area contributed by atoms with Crippen LogP contribution in [0.15, 0.2) is 39.6 Å². The number of rotatable bonds is 7. The zero-order valence-corrected chi connectivity index (χ0v) is 15.4. The third kappa shape index (κ3) is 4.79. The van der Waals surface area contributed by atoms with Crippen LogP contribution in [0.3, 0.4) is 0 Å². The van der Waals surface area contributed by atoms with E-state index in [2.05, 4.69) is 0 Å². The number of carbonyl (C=O) groups is 2. The quantitative estimate of drug-likeness (QED) is 0.759. The molecule has 0 saturated heterocycles. The highest BCUT2D eigenvalue weighted by atomic mass is 32.2. The number of furan rings is 1. The van der Waals surface area contributed by atoms with Crippen LogP contribution in [0, 0.1) is 6.92 Å². The number of likely N-dealkylation sites (N-methyl/N-ethyl adjacent to an activating group) is 1. The second-order valence-electron chi connectivity index (χ2n) is 5.62. The van der Waals surface area contributed by atoms with Crippen LogP contribution in [-0.2, 0) is 11.3 Å². The molecule has 1 amide bonds. The Balaban J connectivity index is 1.98. The molecule has 1 heterocycles. The lowest BCUT2D eigenvalue weighted by molar-refractivity contribution is -0.137. The summed E-state index contributed by atoms with van der Waals surface area (Å²) in [6.07, 6.45) is 1.32. The van der Waals surface area contributed by atoms with Gasteiger partial charge >= 0.3 is 5.97 Å². The predicted octanol–water partition coefficient (Wildman–Crippen LogP) is 3.43. The van der Waals surface area contributed by atoms with E-state index in [9.17, 15) is 9.59 Å². The number of hydrogen-bond acceptors (Lipinski definition) is 5. The van der Waals surface area contributed by atoms with E-state index >= 15 is 0 Å². The van der Waals surface area contributed by atoms with Gasteiger partial charge in [-0.1, -0.05) is 0 Å². The van der Waals surface area contributed by atoms with Crippen LogP contribution in [0.5, 0.6) is 5.75 Å². The fraction of sp³-hybridized carbons (Fsp3) is 0.333.